The molecule has 0 atom stereocenters. The van der Waals surface area contributed by atoms with Crippen molar-refractivity contribution in [3.8, 4) is 0 Å². The average Bonchev–Trinajstić information content (AvgIpc) is 2.61. The van der Waals surface area contributed by atoms with Gasteiger partial charge < -0.3 is 15.2 Å². The van der Waals surface area contributed by atoms with Crippen molar-refractivity contribution in [2.45, 2.75) is 33.2 Å². The van der Waals surface area contributed by atoms with Crippen LogP contribution in [0.4, 0.5) is 5.82 Å². The van der Waals surface area contributed by atoms with E-state index in [0.29, 0.717) is 11.6 Å². The molecule has 0 aliphatic heterocycles. The van der Waals surface area contributed by atoms with E-state index in [2.05, 4.69) is 15.8 Å². The summed E-state index contributed by atoms with van der Waals surface area (Å²) in [5, 5.41) is 9.07. The molecular weight excluding hydrogens is 266 g/mol. The molecule has 7 heteroatoms. The van der Waals surface area contributed by atoms with E-state index in [9.17, 15) is 9.59 Å². The predicted octanol–water partition coefficient (Wildman–Crippen LogP) is 1.57. The first-order valence-corrected chi connectivity index (χ1v) is 7.04. The minimum atomic E-state index is -0.252. The number of rotatable bonds is 5. The third-order valence-corrected chi connectivity index (χ3v) is 2.81. The third kappa shape index (κ3) is 6.85. The van der Waals surface area contributed by atoms with Crippen LogP contribution in [0.15, 0.2) is 10.6 Å². The number of aryl methyl sites for hydroxylation is 1. The summed E-state index contributed by atoms with van der Waals surface area (Å²) in [5.41, 5.74) is -0.252. The lowest BCUT2D eigenvalue weighted by atomic mass is 10.1. The van der Waals surface area contributed by atoms with E-state index >= 15 is 0 Å². The number of carbonyl (C=O) groups is 2. The second kappa shape index (κ2) is 6.60. The van der Waals surface area contributed by atoms with Crippen molar-refractivity contribution in [3.63, 3.8) is 0 Å². The molecule has 2 amide bonds. The number of nitrogens with zero attached hydrogens (tertiary/aromatic N) is 1. The summed E-state index contributed by atoms with van der Waals surface area (Å²) in [6.45, 7) is 7.48. The van der Waals surface area contributed by atoms with Crippen LogP contribution < -0.4 is 10.6 Å². The molecule has 0 aromatic carbocycles. The van der Waals surface area contributed by atoms with Gasteiger partial charge in [0.1, 0.15) is 5.76 Å². The summed E-state index contributed by atoms with van der Waals surface area (Å²) < 4.78 is 4.83. The Hall–Kier alpha value is -1.50. The Morgan fingerprint density at radius 2 is 1.95 bits per heavy atom. The maximum Gasteiger partial charge on any atom is 0.235 e. The Morgan fingerprint density at radius 1 is 1.32 bits per heavy atom. The molecule has 0 saturated heterocycles. The quantitative estimate of drug-likeness (QED) is 0.858. The lowest BCUT2D eigenvalue weighted by Gasteiger charge is -2.20. The van der Waals surface area contributed by atoms with Gasteiger partial charge >= 0.3 is 0 Å². The second-order valence-electron chi connectivity index (χ2n) is 5.16. The van der Waals surface area contributed by atoms with Gasteiger partial charge in [0.05, 0.1) is 11.5 Å². The van der Waals surface area contributed by atoms with Crippen LogP contribution in [0.2, 0.25) is 0 Å². The van der Waals surface area contributed by atoms with Crippen LogP contribution in [0.3, 0.4) is 0 Å². The second-order valence-corrected chi connectivity index (χ2v) is 6.15. The smallest absolute Gasteiger partial charge is 0.235 e. The van der Waals surface area contributed by atoms with Crippen molar-refractivity contribution in [2.24, 2.45) is 0 Å². The molecule has 1 rings (SSSR count). The van der Waals surface area contributed by atoms with E-state index in [1.165, 1.54) is 11.8 Å². The molecule has 0 saturated carbocycles. The molecule has 2 N–H and O–H groups in total. The SMILES string of the molecule is Cc1cc(NC(=O)CSCC(=O)NC(C)(C)C)no1. The molecule has 0 aliphatic carbocycles. The maximum atomic E-state index is 11.5. The fraction of sp³-hybridized carbons (Fsp3) is 0.583. The van der Waals surface area contributed by atoms with E-state index in [4.69, 9.17) is 4.52 Å². The Morgan fingerprint density at radius 3 is 2.47 bits per heavy atom. The van der Waals surface area contributed by atoms with Crippen LogP contribution in [0.1, 0.15) is 26.5 Å². The van der Waals surface area contributed by atoms with Gasteiger partial charge in [-0.05, 0) is 27.7 Å². The summed E-state index contributed by atoms with van der Waals surface area (Å²) in [6, 6.07) is 1.63. The first-order valence-electron chi connectivity index (χ1n) is 5.88. The summed E-state index contributed by atoms with van der Waals surface area (Å²) in [7, 11) is 0. The lowest BCUT2D eigenvalue weighted by Crippen LogP contribution is -2.41. The first-order chi connectivity index (χ1) is 8.76. The van der Waals surface area contributed by atoms with E-state index in [1.54, 1.807) is 13.0 Å². The number of amides is 2. The minimum Gasteiger partial charge on any atom is -0.360 e. The van der Waals surface area contributed by atoms with Crippen LogP contribution >= 0.6 is 11.8 Å². The van der Waals surface area contributed by atoms with Crippen LogP contribution in [0.5, 0.6) is 0 Å². The number of hydrogen-bond acceptors (Lipinski definition) is 5. The molecule has 0 bridgehead atoms. The van der Waals surface area contributed by atoms with Gasteiger partial charge in [-0.2, -0.15) is 0 Å². The van der Waals surface area contributed by atoms with Crippen molar-refractivity contribution < 1.29 is 14.1 Å². The molecule has 0 spiro atoms. The number of carbonyl (C=O) groups excluding carboxylic acids is 2. The summed E-state index contributed by atoms with van der Waals surface area (Å²) >= 11 is 1.25. The van der Waals surface area contributed by atoms with Gasteiger partial charge in [-0.25, -0.2) is 0 Å². The minimum absolute atomic E-state index is 0.0809. The fourth-order valence-corrected chi connectivity index (χ4v) is 1.91. The van der Waals surface area contributed by atoms with Gasteiger partial charge in [0, 0.05) is 11.6 Å². The number of nitrogens with one attached hydrogen (secondary N) is 2. The zero-order valence-corrected chi connectivity index (χ0v) is 12.4. The maximum absolute atomic E-state index is 11.5. The normalized spacial score (nSPS) is 11.2. The predicted molar refractivity (Wildman–Crippen MR) is 75.1 cm³/mol. The van der Waals surface area contributed by atoms with Crippen LogP contribution in [-0.4, -0.2) is 34.0 Å². The van der Waals surface area contributed by atoms with Crippen LogP contribution in [-0.2, 0) is 9.59 Å². The molecule has 0 fully saturated rings. The summed E-state index contributed by atoms with van der Waals surface area (Å²) in [4.78, 5) is 23.1. The number of hydrogen-bond donors (Lipinski definition) is 2. The molecule has 1 aromatic heterocycles. The highest BCUT2D eigenvalue weighted by Gasteiger charge is 2.14. The first kappa shape index (κ1) is 15.6. The van der Waals surface area contributed by atoms with Crippen molar-refractivity contribution >= 4 is 29.4 Å². The Bertz CT molecular complexity index is 451. The molecule has 1 heterocycles. The Balaban J connectivity index is 2.22. The fourth-order valence-electron chi connectivity index (χ4n) is 1.30. The van der Waals surface area contributed by atoms with Crippen LogP contribution in [0, 0.1) is 6.92 Å². The van der Waals surface area contributed by atoms with Gasteiger partial charge in [0.2, 0.25) is 11.8 Å². The molecule has 0 radical (unpaired) electrons. The van der Waals surface area contributed by atoms with Gasteiger partial charge in [-0.3, -0.25) is 9.59 Å². The molecule has 0 unspecified atom stereocenters. The molecule has 6 nitrogen and oxygen atoms in total. The lowest BCUT2D eigenvalue weighted by molar-refractivity contribution is -0.119. The van der Waals surface area contributed by atoms with Crippen molar-refractivity contribution in [2.75, 3.05) is 16.8 Å². The molecule has 106 valence electrons. The highest BCUT2D eigenvalue weighted by atomic mass is 32.2. The van der Waals surface area contributed by atoms with E-state index in [0.717, 1.165) is 0 Å². The highest BCUT2D eigenvalue weighted by Crippen LogP contribution is 2.08. The molecule has 19 heavy (non-hydrogen) atoms. The molecular formula is C12H19N3O3S. The number of anilines is 1. The molecule has 0 aliphatic rings. The largest absolute Gasteiger partial charge is 0.360 e. The summed E-state index contributed by atoms with van der Waals surface area (Å²) in [6.07, 6.45) is 0. The van der Waals surface area contributed by atoms with Crippen molar-refractivity contribution in [1.82, 2.24) is 10.5 Å². The van der Waals surface area contributed by atoms with E-state index in [-0.39, 0.29) is 28.9 Å². The van der Waals surface area contributed by atoms with E-state index in [1.807, 2.05) is 20.8 Å². The van der Waals surface area contributed by atoms with Gasteiger partial charge in [0.15, 0.2) is 5.82 Å². The molecule has 1 aromatic rings. The van der Waals surface area contributed by atoms with Crippen LogP contribution in [0.25, 0.3) is 0 Å². The van der Waals surface area contributed by atoms with Gasteiger partial charge in [-0.1, -0.05) is 5.16 Å². The van der Waals surface area contributed by atoms with Crippen molar-refractivity contribution in [3.05, 3.63) is 11.8 Å². The topological polar surface area (TPSA) is 84.2 Å². The van der Waals surface area contributed by atoms with Gasteiger partial charge in [0.25, 0.3) is 0 Å². The number of thioether (sulfide) groups is 1. The zero-order valence-electron chi connectivity index (χ0n) is 11.6. The standard InChI is InChI=1S/C12H19N3O3S/c1-8-5-9(15-18-8)13-10(16)6-19-7-11(17)14-12(2,3)4/h5H,6-7H2,1-4H3,(H,14,17)(H,13,15,16). The monoisotopic (exact) mass is 285 g/mol. The van der Waals surface area contributed by atoms with E-state index < -0.39 is 0 Å². The Kier molecular flexibility index (Phi) is 5.41. The average molecular weight is 285 g/mol. The third-order valence-electron chi connectivity index (χ3n) is 1.88. The Labute approximate surface area is 116 Å². The van der Waals surface area contributed by atoms with Gasteiger partial charge in [-0.15, -0.1) is 11.8 Å². The highest BCUT2D eigenvalue weighted by molar-refractivity contribution is 8.00. The number of aromatic nitrogens is 1. The summed E-state index contributed by atoms with van der Waals surface area (Å²) in [5.74, 6) is 1.19. The zero-order chi connectivity index (χ0) is 14.5. The van der Waals surface area contributed by atoms with Crippen molar-refractivity contribution in [1.29, 1.82) is 0 Å².